The number of fused-ring (bicyclic) bond motifs is 4. The van der Waals surface area contributed by atoms with Crippen LogP contribution in [0.2, 0.25) is 5.02 Å². The van der Waals surface area contributed by atoms with Crippen molar-refractivity contribution in [1.29, 1.82) is 0 Å². The highest BCUT2D eigenvalue weighted by Gasteiger charge is 2.40. The molecule has 5 heteroatoms. The topological polar surface area (TPSA) is 33.7 Å². The predicted molar refractivity (Wildman–Crippen MR) is 99.6 cm³/mol. The lowest BCUT2D eigenvalue weighted by Gasteiger charge is -2.42. The molecule has 3 aliphatic rings. The van der Waals surface area contributed by atoms with Gasteiger partial charge < -0.3 is 19.7 Å². The molecule has 25 heavy (non-hydrogen) atoms. The summed E-state index contributed by atoms with van der Waals surface area (Å²) in [5, 5.41) is 4.42. The molecule has 2 aromatic rings. The van der Waals surface area contributed by atoms with Gasteiger partial charge in [-0.25, -0.2) is 0 Å². The van der Waals surface area contributed by atoms with Crippen LogP contribution in [0.3, 0.4) is 0 Å². The van der Waals surface area contributed by atoms with Crippen LogP contribution in [-0.2, 0) is 0 Å². The number of para-hydroxylation sites is 1. The molecule has 4 nitrogen and oxygen atoms in total. The summed E-state index contributed by atoms with van der Waals surface area (Å²) < 4.78 is 11.8. The first kappa shape index (κ1) is 15.4. The Hall–Kier alpha value is -1.91. The number of hydrogen-bond donors (Lipinski definition) is 1. The van der Waals surface area contributed by atoms with Crippen molar-refractivity contribution >= 4 is 23.0 Å². The Bertz CT molecular complexity index is 813. The fourth-order valence-corrected chi connectivity index (χ4v) is 4.76. The average molecular weight is 357 g/mol. The first-order valence-electron chi connectivity index (χ1n) is 8.92. The first-order chi connectivity index (χ1) is 12.2. The molecule has 0 spiro atoms. The summed E-state index contributed by atoms with van der Waals surface area (Å²) in [4.78, 5) is 2.44. The molecule has 0 saturated carbocycles. The molecule has 2 bridgehead atoms. The molecule has 2 unspecified atom stereocenters. The Morgan fingerprint density at radius 3 is 2.68 bits per heavy atom. The maximum atomic E-state index is 6.23. The molecule has 130 valence electrons. The molecule has 3 aliphatic heterocycles. The summed E-state index contributed by atoms with van der Waals surface area (Å²) in [6, 6.07) is 13.7. The van der Waals surface area contributed by atoms with Gasteiger partial charge in [0.1, 0.15) is 0 Å². The van der Waals surface area contributed by atoms with Gasteiger partial charge in [-0.2, -0.15) is 0 Å². The average Bonchev–Trinajstić information content (AvgIpc) is 2.97. The number of methoxy groups -OCH3 is 1. The van der Waals surface area contributed by atoms with E-state index in [2.05, 4.69) is 22.3 Å². The van der Waals surface area contributed by atoms with Crippen LogP contribution in [0.15, 0.2) is 36.4 Å². The molecule has 0 aromatic heterocycles. The van der Waals surface area contributed by atoms with Crippen molar-refractivity contribution in [1.82, 2.24) is 5.32 Å². The summed E-state index contributed by atoms with van der Waals surface area (Å²) in [5.74, 6) is 2.34. The maximum Gasteiger partial charge on any atom is 0.192 e. The van der Waals surface area contributed by atoms with Crippen LogP contribution >= 0.6 is 11.6 Å². The Labute approximate surface area is 152 Å². The monoisotopic (exact) mass is 356 g/mol. The van der Waals surface area contributed by atoms with Crippen molar-refractivity contribution in [2.75, 3.05) is 12.0 Å². The number of benzene rings is 2. The highest BCUT2D eigenvalue weighted by atomic mass is 35.5. The Balaban J connectivity index is 1.64. The third-order valence-corrected chi connectivity index (χ3v) is 5.88. The van der Waals surface area contributed by atoms with Crippen LogP contribution in [0.1, 0.15) is 25.7 Å². The van der Waals surface area contributed by atoms with Gasteiger partial charge in [0.05, 0.1) is 18.5 Å². The molecule has 0 amide bonds. The minimum atomic E-state index is 0.452. The van der Waals surface area contributed by atoms with Gasteiger partial charge in [0.25, 0.3) is 0 Å². The summed E-state index contributed by atoms with van der Waals surface area (Å²) in [7, 11) is 1.68. The lowest BCUT2D eigenvalue weighted by atomic mass is 9.96. The number of nitrogens with one attached hydrogen (secondary N) is 1. The molecule has 1 N–H and O–H groups in total. The SMILES string of the molecule is COc1cccc2c1Oc1cc(Cl)ccc1N2C1CC2CCC(C1)N2. The zero-order valence-corrected chi connectivity index (χ0v) is 14.9. The number of nitrogens with zero attached hydrogens (tertiary/aromatic N) is 1. The van der Waals surface area contributed by atoms with E-state index in [9.17, 15) is 0 Å². The van der Waals surface area contributed by atoms with E-state index in [1.165, 1.54) is 12.8 Å². The van der Waals surface area contributed by atoms with E-state index < -0.39 is 0 Å². The molecule has 0 radical (unpaired) electrons. The van der Waals surface area contributed by atoms with Gasteiger partial charge in [-0.3, -0.25) is 0 Å². The van der Waals surface area contributed by atoms with E-state index in [0.29, 0.717) is 23.1 Å². The number of rotatable bonds is 2. The number of anilines is 2. The van der Waals surface area contributed by atoms with E-state index >= 15 is 0 Å². The normalized spacial score (nSPS) is 26.6. The van der Waals surface area contributed by atoms with Crippen LogP contribution < -0.4 is 19.7 Å². The number of hydrogen-bond acceptors (Lipinski definition) is 4. The smallest absolute Gasteiger partial charge is 0.192 e. The summed E-state index contributed by atoms with van der Waals surface area (Å²) in [6.07, 6.45) is 4.86. The summed E-state index contributed by atoms with van der Waals surface area (Å²) in [6.45, 7) is 0. The first-order valence-corrected chi connectivity index (χ1v) is 9.30. The fourth-order valence-electron chi connectivity index (χ4n) is 4.60. The number of ether oxygens (including phenoxy) is 2. The summed E-state index contributed by atoms with van der Waals surface area (Å²) >= 11 is 6.23. The van der Waals surface area contributed by atoms with E-state index in [1.54, 1.807) is 7.11 Å². The van der Waals surface area contributed by atoms with Crippen LogP contribution in [-0.4, -0.2) is 25.2 Å². The van der Waals surface area contributed by atoms with Gasteiger partial charge in [0, 0.05) is 29.2 Å². The molecule has 2 fully saturated rings. The highest BCUT2D eigenvalue weighted by Crippen LogP contribution is 2.53. The Kier molecular flexibility index (Phi) is 3.57. The van der Waals surface area contributed by atoms with Gasteiger partial charge in [-0.1, -0.05) is 17.7 Å². The lowest BCUT2D eigenvalue weighted by molar-refractivity contribution is 0.347. The molecule has 2 saturated heterocycles. The second-order valence-corrected chi connectivity index (χ2v) is 7.59. The van der Waals surface area contributed by atoms with Gasteiger partial charge in [0.2, 0.25) is 0 Å². The number of piperidine rings is 1. The van der Waals surface area contributed by atoms with Crippen molar-refractivity contribution in [2.45, 2.75) is 43.8 Å². The third kappa shape index (κ3) is 2.47. The van der Waals surface area contributed by atoms with E-state index in [1.807, 2.05) is 24.3 Å². The minimum Gasteiger partial charge on any atom is -0.493 e. The molecular formula is C20H21ClN2O2. The Morgan fingerprint density at radius 1 is 1.12 bits per heavy atom. The molecule has 2 atom stereocenters. The quantitative estimate of drug-likeness (QED) is 0.831. The van der Waals surface area contributed by atoms with Crippen molar-refractivity contribution in [3.05, 3.63) is 41.4 Å². The van der Waals surface area contributed by atoms with E-state index in [0.717, 1.165) is 41.5 Å². The zero-order valence-electron chi connectivity index (χ0n) is 14.2. The second kappa shape index (κ2) is 5.82. The van der Waals surface area contributed by atoms with Gasteiger partial charge in [-0.05, 0) is 49.9 Å². The summed E-state index contributed by atoms with van der Waals surface area (Å²) in [5.41, 5.74) is 2.18. The van der Waals surface area contributed by atoms with Crippen molar-refractivity contribution in [2.24, 2.45) is 0 Å². The van der Waals surface area contributed by atoms with E-state index in [-0.39, 0.29) is 0 Å². The van der Waals surface area contributed by atoms with Crippen LogP contribution in [0, 0.1) is 0 Å². The Morgan fingerprint density at radius 2 is 1.92 bits per heavy atom. The van der Waals surface area contributed by atoms with Gasteiger partial charge >= 0.3 is 0 Å². The van der Waals surface area contributed by atoms with Gasteiger partial charge in [0.15, 0.2) is 17.2 Å². The highest BCUT2D eigenvalue weighted by molar-refractivity contribution is 6.30. The lowest BCUT2D eigenvalue weighted by Crippen LogP contribution is -2.47. The molecule has 0 aliphatic carbocycles. The third-order valence-electron chi connectivity index (χ3n) is 5.64. The molecular weight excluding hydrogens is 336 g/mol. The van der Waals surface area contributed by atoms with Crippen LogP contribution in [0.4, 0.5) is 11.4 Å². The standard InChI is InChI=1S/C20H21ClN2O2/c1-24-18-4-2-3-17-20(18)25-19-9-12(21)5-8-16(19)23(17)15-10-13-6-7-14(11-15)22-13/h2-5,8-9,13-15,22H,6-7,10-11H2,1H3. The zero-order chi connectivity index (χ0) is 17.0. The van der Waals surface area contributed by atoms with Crippen LogP contribution in [0.5, 0.6) is 17.2 Å². The van der Waals surface area contributed by atoms with Crippen molar-refractivity contribution < 1.29 is 9.47 Å². The molecule has 3 heterocycles. The largest absolute Gasteiger partial charge is 0.493 e. The second-order valence-electron chi connectivity index (χ2n) is 7.16. The number of halogens is 1. The molecule has 5 rings (SSSR count). The van der Waals surface area contributed by atoms with Crippen molar-refractivity contribution in [3.8, 4) is 17.2 Å². The predicted octanol–water partition coefficient (Wildman–Crippen LogP) is 4.88. The van der Waals surface area contributed by atoms with Crippen LogP contribution in [0.25, 0.3) is 0 Å². The van der Waals surface area contributed by atoms with Gasteiger partial charge in [-0.15, -0.1) is 0 Å². The van der Waals surface area contributed by atoms with E-state index in [4.69, 9.17) is 21.1 Å². The fraction of sp³-hybridized carbons (Fsp3) is 0.400. The maximum absolute atomic E-state index is 6.23. The minimum absolute atomic E-state index is 0.452. The molecule has 2 aromatic carbocycles. The van der Waals surface area contributed by atoms with Crippen molar-refractivity contribution in [3.63, 3.8) is 0 Å².